The molecule has 0 spiro atoms. The van der Waals surface area contributed by atoms with Gasteiger partial charge in [-0.25, -0.2) is 0 Å². The van der Waals surface area contributed by atoms with E-state index in [9.17, 15) is 13.2 Å². The molecule has 0 atom stereocenters. The van der Waals surface area contributed by atoms with Crippen molar-refractivity contribution < 1.29 is 17.9 Å². The average molecular weight is 475 g/mol. The second-order valence-corrected chi connectivity index (χ2v) is 6.43. The van der Waals surface area contributed by atoms with Gasteiger partial charge in [-0.1, -0.05) is 11.6 Å². The Morgan fingerprint density at radius 1 is 1.28 bits per heavy atom. The Hall–Kier alpha value is -0.510. The van der Waals surface area contributed by atoms with Crippen molar-refractivity contribution >= 4 is 29.9 Å². The van der Waals surface area contributed by atoms with Crippen LogP contribution in [0.4, 0.5) is 13.2 Å². The van der Waals surface area contributed by atoms with Crippen LogP contribution in [0.2, 0.25) is 0 Å². The first-order chi connectivity index (χ1) is 11.5. The third kappa shape index (κ3) is 8.15. The minimum absolute atomic E-state index is 0. The number of guanidine groups is 1. The maximum Gasteiger partial charge on any atom is 0.391 e. The van der Waals surface area contributed by atoms with Crippen molar-refractivity contribution in [2.45, 2.75) is 57.7 Å². The van der Waals surface area contributed by atoms with Gasteiger partial charge in [-0.15, -0.1) is 24.0 Å². The molecule has 1 heterocycles. The van der Waals surface area contributed by atoms with Crippen LogP contribution in [0.15, 0.2) is 16.6 Å². The van der Waals surface area contributed by atoms with Crippen LogP contribution in [-0.4, -0.2) is 44.5 Å². The highest BCUT2D eigenvalue weighted by atomic mass is 127. The zero-order valence-corrected chi connectivity index (χ0v) is 17.0. The molecule has 0 amide bonds. The fourth-order valence-corrected chi connectivity index (χ4v) is 3.18. The molecule has 2 rings (SSSR count). The SMILES string of the molecule is CCNC(=NCCC1=CCOCC1)NC1CCC(C(F)(F)F)CC1.I. The van der Waals surface area contributed by atoms with Crippen molar-refractivity contribution in [2.24, 2.45) is 10.9 Å². The summed E-state index contributed by atoms with van der Waals surface area (Å²) in [5, 5.41) is 6.48. The molecule has 2 aliphatic rings. The van der Waals surface area contributed by atoms with Gasteiger partial charge in [-0.05, 0) is 45.4 Å². The standard InChI is InChI=1S/C17H28F3N3O.HI/c1-2-21-16(22-10-7-13-8-11-24-12-9-13)23-15-5-3-14(4-6-15)17(18,19)20;/h8,14-15H,2-7,9-12H2,1H3,(H2,21,22,23);1H. The highest BCUT2D eigenvalue weighted by Crippen LogP contribution is 2.37. The summed E-state index contributed by atoms with van der Waals surface area (Å²) in [6.45, 7) is 4.86. The summed E-state index contributed by atoms with van der Waals surface area (Å²) in [5.74, 6) is -0.434. The van der Waals surface area contributed by atoms with E-state index >= 15 is 0 Å². The number of hydrogen-bond donors (Lipinski definition) is 2. The van der Waals surface area contributed by atoms with Crippen LogP contribution < -0.4 is 10.6 Å². The Labute approximate surface area is 165 Å². The van der Waals surface area contributed by atoms with Crippen molar-refractivity contribution in [1.82, 2.24) is 10.6 Å². The highest BCUT2D eigenvalue weighted by Gasteiger charge is 2.41. The molecule has 1 fully saturated rings. The van der Waals surface area contributed by atoms with E-state index in [2.05, 4.69) is 21.7 Å². The lowest BCUT2D eigenvalue weighted by Crippen LogP contribution is -2.45. The predicted molar refractivity (Wildman–Crippen MR) is 104 cm³/mol. The Morgan fingerprint density at radius 3 is 2.56 bits per heavy atom. The van der Waals surface area contributed by atoms with Crippen LogP contribution in [0.1, 0.15) is 45.4 Å². The van der Waals surface area contributed by atoms with Crippen molar-refractivity contribution in [3.05, 3.63) is 11.6 Å². The quantitative estimate of drug-likeness (QED) is 0.274. The monoisotopic (exact) mass is 475 g/mol. The van der Waals surface area contributed by atoms with Gasteiger partial charge in [0.15, 0.2) is 5.96 Å². The molecule has 146 valence electrons. The molecule has 4 nitrogen and oxygen atoms in total. The minimum Gasteiger partial charge on any atom is -0.377 e. The molecule has 8 heteroatoms. The highest BCUT2D eigenvalue weighted by molar-refractivity contribution is 14.0. The molecule has 0 aromatic heterocycles. The first kappa shape index (κ1) is 22.5. The maximum absolute atomic E-state index is 12.7. The van der Waals surface area contributed by atoms with E-state index in [1.165, 1.54) is 5.57 Å². The van der Waals surface area contributed by atoms with E-state index in [1.54, 1.807) is 0 Å². The van der Waals surface area contributed by atoms with Crippen molar-refractivity contribution in [3.63, 3.8) is 0 Å². The molecule has 0 aromatic carbocycles. The Balaban J connectivity index is 0.00000312. The lowest BCUT2D eigenvalue weighted by Gasteiger charge is -2.31. The van der Waals surface area contributed by atoms with Gasteiger partial charge in [-0.3, -0.25) is 4.99 Å². The lowest BCUT2D eigenvalue weighted by molar-refractivity contribution is -0.182. The van der Waals surface area contributed by atoms with Crippen molar-refractivity contribution in [3.8, 4) is 0 Å². The van der Waals surface area contributed by atoms with E-state index < -0.39 is 12.1 Å². The van der Waals surface area contributed by atoms with E-state index in [-0.39, 0.29) is 42.9 Å². The second-order valence-electron chi connectivity index (χ2n) is 6.43. The summed E-state index contributed by atoms with van der Waals surface area (Å²) in [4.78, 5) is 4.56. The van der Waals surface area contributed by atoms with Gasteiger partial charge in [0.2, 0.25) is 0 Å². The molecule has 2 N–H and O–H groups in total. The molecule has 0 unspecified atom stereocenters. The third-order valence-corrected chi connectivity index (χ3v) is 4.64. The molecule has 1 aliphatic heterocycles. The number of hydrogen-bond acceptors (Lipinski definition) is 2. The number of nitrogens with one attached hydrogen (secondary N) is 2. The van der Waals surface area contributed by atoms with Gasteiger partial charge in [0.05, 0.1) is 19.1 Å². The normalized spacial score (nSPS) is 25.0. The second kappa shape index (κ2) is 11.3. The Bertz CT molecular complexity index is 447. The summed E-state index contributed by atoms with van der Waals surface area (Å²) in [5.41, 5.74) is 1.37. The number of halogens is 4. The lowest BCUT2D eigenvalue weighted by atomic mass is 9.85. The first-order valence-electron chi connectivity index (χ1n) is 8.86. The van der Waals surface area contributed by atoms with E-state index in [0.717, 1.165) is 26.0 Å². The molecule has 0 saturated heterocycles. The smallest absolute Gasteiger partial charge is 0.377 e. The molecule has 1 aliphatic carbocycles. The van der Waals surface area contributed by atoms with Gasteiger partial charge >= 0.3 is 6.18 Å². The van der Waals surface area contributed by atoms with E-state index in [0.29, 0.717) is 32.0 Å². The summed E-state index contributed by atoms with van der Waals surface area (Å²) in [7, 11) is 0. The molecule has 0 radical (unpaired) electrons. The Kier molecular flexibility index (Phi) is 10.1. The van der Waals surface area contributed by atoms with Crippen LogP contribution >= 0.6 is 24.0 Å². The van der Waals surface area contributed by atoms with Gasteiger partial charge < -0.3 is 15.4 Å². The molecule has 1 saturated carbocycles. The Morgan fingerprint density at radius 2 is 2.00 bits per heavy atom. The summed E-state index contributed by atoms with van der Waals surface area (Å²) in [6, 6.07) is 0.0729. The van der Waals surface area contributed by atoms with Gasteiger partial charge in [0, 0.05) is 19.1 Å². The van der Waals surface area contributed by atoms with Crippen LogP contribution in [-0.2, 0) is 4.74 Å². The fraction of sp³-hybridized carbons (Fsp3) is 0.824. The van der Waals surface area contributed by atoms with E-state index in [1.807, 2.05) is 6.92 Å². The number of aliphatic imine (C=N–C) groups is 1. The molecular formula is C17H29F3IN3O. The summed E-state index contributed by atoms with van der Waals surface area (Å²) in [6.07, 6.45) is 1.40. The third-order valence-electron chi connectivity index (χ3n) is 4.64. The van der Waals surface area contributed by atoms with Crippen LogP contribution in [0.3, 0.4) is 0 Å². The molecule has 0 bridgehead atoms. The predicted octanol–water partition coefficient (Wildman–Crippen LogP) is 4.02. The zero-order chi connectivity index (χ0) is 17.4. The van der Waals surface area contributed by atoms with Crippen molar-refractivity contribution in [2.75, 3.05) is 26.3 Å². The fourth-order valence-electron chi connectivity index (χ4n) is 3.18. The van der Waals surface area contributed by atoms with Gasteiger partial charge in [0.1, 0.15) is 0 Å². The number of nitrogens with zero attached hydrogens (tertiary/aromatic N) is 1. The number of alkyl halides is 3. The number of rotatable bonds is 5. The van der Waals surface area contributed by atoms with Crippen molar-refractivity contribution in [1.29, 1.82) is 0 Å². The average Bonchev–Trinajstić information content (AvgIpc) is 2.56. The number of ether oxygens (including phenoxy) is 1. The molecule has 25 heavy (non-hydrogen) atoms. The zero-order valence-electron chi connectivity index (χ0n) is 14.7. The molecular weight excluding hydrogens is 446 g/mol. The summed E-state index contributed by atoms with van der Waals surface area (Å²) < 4.78 is 43.5. The minimum atomic E-state index is -4.05. The topological polar surface area (TPSA) is 45.7 Å². The first-order valence-corrected chi connectivity index (χ1v) is 8.86. The molecule has 0 aromatic rings. The largest absolute Gasteiger partial charge is 0.391 e. The van der Waals surface area contributed by atoms with E-state index in [4.69, 9.17) is 4.74 Å². The van der Waals surface area contributed by atoms with Crippen LogP contribution in [0.25, 0.3) is 0 Å². The van der Waals surface area contributed by atoms with Gasteiger partial charge in [-0.2, -0.15) is 13.2 Å². The maximum atomic E-state index is 12.7. The van der Waals surface area contributed by atoms with Gasteiger partial charge in [0.25, 0.3) is 0 Å². The summed E-state index contributed by atoms with van der Waals surface area (Å²) >= 11 is 0. The van der Waals surface area contributed by atoms with Crippen LogP contribution in [0, 0.1) is 5.92 Å². The van der Waals surface area contributed by atoms with Crippen LogP contribution in [0.5, 0.6) is 0 Å².